The first-order valence-corrected chi connectivity index (χ1v) is 29.3. The van der Waals surface area contributed by atoms with Gasteiger partial charge in [-0.25, -0.2) is 4.98 Å². The van der Waals surface area contributed by atoms with Crippen LogP contribution in [-0.2, 0) is 20.1 Å². The summed E-state index contributed by atoms with van der Waals surface area (Å²) in [6.07, 6.45) is 2.12. The Bertz CT molecular complexity index is 2930. The molecule has 0 bridgehead atoms. The Morgan fingerprint density at radius 2 is 1.31 bits per heavy atom. The second-order valence-electron chi connectivity index (χ2n) is 17.8. The normalized spacial score (nSPS) is 11.8. The molecule has 7 heteroatoms. The third-order valence-corrected chi connectivity index (χ3v) is 16.6. The molecule has 4 heterocycles. The van der Waals surface area contributed by atoms with Crippen molar-refractivity contribution in [2.24, 2.45) is 0 Å². The zero-order valence-electron chi connectivity index (χ0n) is 36.9. The average molecular weight is 1060 g/mol. The molecule has 0 saturated heterocycles. The number of aryl methyl sites for hydroxylation is 1. The molecule has 5 aromatic carbocycles. The molecule has 61 heavy (non-hydrogen) atoms. The number of hydrogen-bond acceptors (Lipinski definition) is 4. The monoisotopic (exact) mass is 1060 g/mol. The van der Waals surface area contributed by atoms with Crippen LogP contribution in [0.1, 0.15) is 81.7 Å². The van der Waals surface area contributed by atoms with Gasteiger partial charge in [-0.1, -0.05) is 81.6 Å². The minimum atomic E-state index is -1.85. The predicted octanol–water partition coefficient (Wildman–Crippen LogP) is 14.7. The third kappa shape index (κ3) is 9.11. The maximum atomic E-state index is 5.25. The molecule has 0 fully saturated rings. The summed E-state index contributed by atoms with van der Waals surface area (Å²) in [4.78, 5) is 15.8. The van der Waals surface area contributed by atoms with Gasteiger partial charge in [-0.2, -0.15) is 11.3 Å². The van der Waals surface area contributed by atoms with Gasteiger partial charge in [0.2, 0.25) is 0 Å². The van der Waals surface area contributed by atoms with Crippen molar-refractivity contribution in [1.29, 1.82) is 0 Å². The first-order chi connectivity index (χ1) is 28.8. The van der Waals surface area contributed by atoms with Gasteiger partial charge in [0.25, 0.3) is 0 Å². The molecule has 9 aromatic rings. The summed E-state index contributed by atoms with van der Waals surface area (Å²) in [6, 6.07) is 49.8. The molecule has 0 spiro atoms. The standard InChI is InChI=1S/C37H32N3S.C17H22GeN.Ir/c1-22(2)29-20-27(25-11-7-6-8-12-25)21-30(23(3)4)35(29)40-33-14-10-9-13-32(33)39-36(40)26-16-18-34-31(19-26)28-17-15-24(5)38-37(28)41-34;1-13(2)15-11-17(14-9-7-6-8-10-14)19-12-16(15)18(3,4)5;/h6-15,17-23H,1-5H3;6-9,11-13H,1-5H3;/q2*-1;. The van der Waals surface area contributed by atoms with E-state index in [-0.39, 0.29) is 20.1 Å². The topological polar surface area (TPSA) is 43.6 Å². The molecule has 0 atom stereocenters. The Balaban J connectivity index is 0.000000237. The van der Waals surface area contributed by atoms with Crippen molar-refractivity contribution in [3.8, 4) is 39.5 Å². The van der Waals surface area contributed by atoms with Crippen molar-refractivity contribution in [2.45, 2.75) is 83.5 Å². The molecule has 9 rings (SSSR count). The zero-order chi connectivity index (χ0) is 42.3. The van der Waals surface area contributed by atoms with Crippen molar-refractivity contribution < 1.29 is 20.1 Å². The van der Waals surface area contributed by atoms with Crippen molar-refractivity contribution in [1.82, 2.24) is 19.5 Å². The summed E-state index contributed by atoms with van der Waals surface area (Å²) in [7, 11) is 0. The SMILES string of the molecule is CC(C)c1cc(-c2[c-]cccc2)nc[c]1[Ge]([CH3])([CH3])[CH3].Cc1ccc2c(n1)sc1c[c-]c(-c3nc4ccccc4n3-c3c(C(C)C)cc(-c4ccccc4)cc3C(C)C)cc12.[Ir]. The van der Waals surface area contributed by atoms with Gasteiger partial charge in [0.05, 0.1) is 16.9 Å². The molecule has 1 radical (unpaired) electrons. The Morgan fingerprint density at radius 1 is 0.639 bits per heavy atom. The minimum absolute atomic E-state index is 0. The van der Waals surface area contributed by atoms with Gasteiger partial charge in [0.15, 0.2) is 0 Å². The number of nitrogens with zero attached hydrogens (tertiary/aromatic N) is 4. The minimum Gasteiger partial charge on any atom is -0.333 e. The van der Waals surface area contributed by atoms with Crippen LogP contribution in [0.2, 0.25) is 17.3 Å². The number of aromatic nitrogens is 4. The second kappa shape index (κ2) is 18.3. The van der Waals surface area contributed by atoms with Crippen LogP contribution in [0.3, 0.4) is 0 Å². The van der Waals surface area contributed by atoms with Crippen LogP contribution in [-0.4, -0.2) is 32.8 Å². The fourth-order valence-corrected chi connectivity index (χ4v) is 12.8. The number of para-hydroxylation sites is 2. The van der Waals surface area contributed by atoms with Crippen LogP contribution in [0.5, 0.6) is 0 Å². The molecule has 0 aliphatic carbocycles. The summed E-state index contributed by atoms with van der Waals surface area (Å²) in [5.41, 5.74) is 14.1. The molecule has 311 valence electrons. The van der Waals surface area contributed by atoms with Crippen molar-refractivity contribution >= 4 is 60.3 Å². The van der Waals surface area contributed by atoms with Gasteiger partial charge >= 0.3 is 119 Å². The van der Waals surface area contributed by atoms with E-state index in [1.807, 2.05) is 25.1 Å². The smallest absolute Gasteiger partial charge is 0.114 e. The van der Waals surface area contributed by atoms with Gasteiger partial charge in [0, 0.05) is 31.5 Å². The Labute approximate surface area is 382 Å². The Morgan fingerprint density at radius 3 is 1.97 bits per heavy atom. The van der Waals surface area contributed by atoms with E-state index in [0.29, 0.717) is 17.8 Å². The van der Waals surface area contributed by atoms with E-state index in [0.717, 1.165) is 44.2 Å². The fraction of sp³-hybridized carbons (Fsp3) is 0.241. The number of benzene rings is 5. The van der Waals surface area contributed by atoms with Crippen LogP contribution >= 0.6 is 11.3 Å². The van der Waals surface area contributed by atoms with Crippen LogP contribution < -0.4 is 4.40 Å². The molecule has 0 N–H and O–H groups in total. The van der Waals surface area contributed by atoms with E-state index in [4.69, 9.17) is 9.97 Å². The molecule has 0 amide bonds. The third-order valence-electron chi connectivity index (χ3n) is 11.3. The first-order valence-electron chi connectivity index (χ1n) is 21.2. The van der Waals surface area contributed by atoms with Crippen LogP contribution in [0, 0.1) is 19.1 Å². The predicted molar refractivity (Wildman–Crippen MR) is 260 cm³/mol. The van der Waals surface area contributed by atoms with E-state index in [9.17, 15) is 0 Å². The zero-order valence-corrected chi connectivity index (χ0v) is 42.2. The van der Waals surface area contributed by atoms with E-state index in [1.54, 1.807) is 11.3 Å². The van der Waals surface area contributed by atoms with Crippen molar-refractivity contribution in [3.05, 3.63) is 162 Å². The summed E-state index contributed by atoms with van der Waals surface area (Å²) in [5, 5.41) is 2.39. The maximum Gasteiger partial charge on any atom is 0.114 e. The maximum absolute atomic E-state index is 5.25. The molecular formula is C54H54GeIrN4S-2. The van der Waals surface area contributed by atoms with Crippen LogP contribution in [0.4, 0.5) is 0 Å². The van der Waals surface area contributed by atoms with E-state index in [2.05, 4.69) is 190 Å². The fourth-order valence-electron chi connectivity index (χ4n) is 8.15. The number of hydrogen-bond donors (Lipinski definition) is 0. The van der Waals surface area contributed by atoms with Crippen molar-refractivity contribution in [3.63, 3.8) is 0 Å². The molecule has 4 aromatic heterocycles. The van der Waals surface area contributed by atoms with Gasteiger partial charge in [-0.3, -0.25) is 4.98 Å². The number of fused-ring (bicyclic) bond motifs is 4. The van der Waals surface area contributed by atoms with E-state index < -0.39 is 13.3 Å². The summed E-state index contributed by atoms with van der Waals surface area (Å²) < 4.78 is 5.11. The number of thiophene rings is 1. The van der Waals surface area contributed by atoms with Gasteiger partial charge in [-0.05, 0) is 81.4 Å². The Kier molecular flexibility index (Phi) is 13.3. The Hall–Kier alpha value is -4.72. The second-order valence-corrected chi connectivity index (χ2v) is 29.4. The van der Waals surface area contributed by atoms with E-state index >= 15 is 0 Å². The van der Waals surface area contributed by atoms with Crippen molar-refractivity contribution in [2.75, 3.05) is 0 Å². The van der Waals surface area contributed by atoms with Gasteiger partial charge in [-0.15, -0.1) is 23.8 Å². The number of imidazole rings is 1. The van der Waals surface area contributed by atoms with Gasteiger partial charge in [0.1, 0.15) is 4.83 Å². The van der Waals surface area contributed by atoms with E-state index in [1.165, 1.54) is 53.4 Å². The number of pyridine rings is 2. The molecule has 4 nitrogen and oxygen atoms in total. The quantitative estimate of drug-likeness (QED) is 0.113. The molecule has 0 aliphatic heterocycles. The largest absolute Gasteiger partial charge is 0.333 e. The first kappa shape index (κ1) is 44.3. The summed E-state index contributed by atoms with van der Waals surface area (Å²) in [5.74, 6) is 9.39. The summed E-state index contributed by atoms with van der Waals surface area (Å²) in [6.45, 7) is 15.8. The average Bonchev–Trinajstić information content (AvgIpc) is 3.81. The molecule has 0 saturated carbocycles. The van der Waals surface area contributed by atoms with Gasteiger partial charge < -0.3 is 4.57 Å². The summed E-state index contributed by atoms with van der Waals surface area (Å²) >= 11 is -0.123. The molecule has 0 unspecified atom stereocenters. The van der Waals surface area contributed by atoms with Crippen LogP contribution in [0.25, 0.3) is 70.8 Å². The van der Waals surface area contributed by atoms with Crippen LogP contribution in [0.15, 0.2) is 128 Å². The molecular weight excluding hydrogens is 1000 g/mol. The number of rotatable bonds is 8. The molecule has 0 aliphatic rings.